The smallest absolute Gasteiger partial charge is 0.261 e. The van der Waals surface area contributed by atoms with Gasteiger partial charge in [-0.2, -0.15) is 0 Å². The normalized spacial score (nSPS) is 11.3. The van der Waals surface area contributed by atoms with Gasteiger partial charge in [-0.3, -0.25) is 9.52 Å². The van der Waals surface area contributed by atoms with Crippen molar-refractivity contribution in [3.63, 3.8) is 0 Å². The standard InChI is InChI=1S/C26H19N3O4S/c30-25(21-13-4-5-14-22(21)29-34(31,32)20-11-2-1-3-12-20)27-19-10-8-9-18(17-19)26-28-23-15-6-7-16-24(23)33-26/h1-17,29H,(H,27,30). The largest absolute Gasteiger partial charge is 0.436 e. The maximum atomic E-state index is 13.1. The maximum absolute atomic E-state index is 13.1. The monoisotopic (exact) mass is 469 g/mol. The summed E-state index contributed by atoms with van der Waals surface area (Å²) < 4.78 is 33.8. The van der Waals surface area contributed by atoms with Gasteiger partial charge in [0.25, 0.3) is 15.9 Å². The van der Waals surface area contributed by atoms with Crippen LogP contribution in [0.3, 0.4) is 0 Å². The number of sulfonamides is 1. The summed E-state index contributed by atoms with van der Waals surface area (Å²) in [6.45, 7) is 0. The van der Waals surface area contributed by atoms with E-state index in [0.29, 0.717) is 22.7 Å². The van der Waals surface area contributed by atoms with E-state index in [1.54, 1.807) is 60.7 Å². The molecule has 0 atom stereocenters. The van der Waals surface area contributed by atoms with Crippen molar-refractivity contribution >= 4 is 38.4 Å². The number of fused-ring (bicyclic) bond motifs is 1. The Kier molecular flexibility index (Phi) is 5.57. The summed E-state index contributed by atoms with van der Waals surface area (Å²) in [5.41, 5.74) is 3.00. The van der Waals surface area contributed by atoms with Gasteiger partial charge in [-0.15, -0.1) is 0 Å². The first kappa shape index (κ1) is 21.4. The minimum Gasteiger partial charge on any atom is -0.436 e. The molecule has 4 aromatic carbocycles. The first-order valence-electron chi connectivity index (χ1n) is 10.4. The molecule has 1 amide bonds. The van der Waals surface area contributed by atoms with Crippen molar-refractivity contribution < 1.29 is 17.6 Å². The molecule has 0 aliphatic rings. The zero-order valence-corrected chi connectivity index (χ0v) is 18.6. The molecule has 8 heteroatoms. The number of amides is 1. The molecule has 0 aliphatic carbocycles. The molecule has 1 aromatic heterocycles. The van der Waals surface area contributed by atoms with E-state index in [4.69, 9.17) is 4.42 Å². The number of carbonyl (C=O) groups is 1. The number of nitrogens with zero attached hydrogens (tertiary/aromatic N) is 1. The van der Waals surface area contributed by atoms with Gasteiger partial charge in [-0.25, -0.2) is 13.4 Å². The van der Waals surface area contributed by atoms with Crippen molar-refractivity contribution in [3.8, 4) is 11.5 Å². The van der Waals surface area contributed by atoms with Gasteiger partial charge in [-0.05, 0) is 54.6 Å². The number of hydrogen-bond acceptors (Lipinski definition) is 5. The Hall–Kier alpha value is -4.43. The van der Waals surface area contributed by atoms with Crippen molar-refractivity contribution in [2.75, 3.05) is 10.0 Å². The third-order valence-electron chi connectivity index (χ3n) is 5.13. The second-order valence-electron chi connectivity index (χ2n) is 7.49. The number of carbonyl (C=O) groups excluding carboxylic acids is 1. The molecule has 5 aromatic rings. The van der Waals surface area contributed by atoms with Crippen LogP contribution in [0.4, 0.5) is 11.4 Å². The van der Waals surface area contributed by atoms with Crippen LogP contribution in [0.15, 0.2) is 112 Å². The Morgan fingerprint density at radius 3 is 2.35 bits per heavy atom. The van der Waals surface area contributed by atoms with E-state index in [2.05, 4.69) is 15.0 Å². The number of para-hydroxylation sites is 3. The van der Waals surface area contributed by atoms with E-state index in [-0.39, 0.29) is 16.1 Å². The quantitative estimate of drug-likeness (QED) is 0.340. The summed E-state index contributed by atoms with van der Waals surface area (Å²) in [6.07, 6.45) is 0. The lowest BCUT2D eigenvalue weighted by Crippen LogP contribution is -2.18. The fourth-order valence-corrected chi connectivity index (χ4v) is 4.60. The highest BCUT2D eigenvalue weighted by atomic mass is 32.2. The molecule has 5 rings (SSSR count). The van der Waals surface area contributed by atoms with Gasteiger partial charge in [0.15, 0.2) is 5.58 Å². The zero-order valence-electron chi connectivity index (χ0n) is 17.8. The molecule has 2 N–H and O–H groups in total. The number of nitrogens with one attached hydrogen (secondary N) is 2. The molecule has 0 bridgehead atoms. The van der Waals surface area contributed by atoms with Gasteiger partial charge in [0.1, 0.15) is 5.52 Å². The van der Waals surface area contributed by atoms with Gasteiger partial charge in [0.05, 0.1) is 16.1 Å². The van der Waals surface area contributed by atoms with Crippen LogP contribution >= 0.6 is 0 Å². The van der Waals surface area contributed by atoms with E-state index >= 15 is 0 Å². The molecule has 7 nitrogen and oxygen atoms in total. The van der Waals surface area contributed by atoms with Crippen LogP contribution in [0.25, 0.3) is 22.6 Å². The summed E-state index contributed by atoms with van der Waals surface area (Å²) in [6, 6.07) is 29.0. The van der Waals surface area contributed by atoms with Crippen LogP contribution < -0.4 is 10.0 Å². The lowest BCUT2D eigenvalue weighted by Gasteiger charge is -2.13. The van der Waals surface area contributed by atoms with Gasteiger partial charge >= 0.3 is 0 Å². The van der Waals surface area contributed by atoms with Gasteiger partial charge in [0.2, 0.25) is 5.89 Å². The van der Waals surface area contributed by atoms with E-state index in [1.807, 2.05) is 30.3 Å². The molecule has 0 saturated heterocycles. The highest BCUT2D eigenvalue weighted by Crippen LogP contribution is 2.27. The predicted molar refractivity (Wildman–Crippen MR) is 131 cm³/mol. The second kappa shape index (κ2) is 8.84. The van der Waals surface area contributed by atoms with Crippen molar-refractivity contribution in [2.24, 2.45) is 0 Å². The number of benzene rings is 4. The summed E-state index contributed by atoms with van der Waals surface area (Å²) in [5.74, 6) is -0.0191. The van der Waals surface area contributed by atoms with Gasteiger partial charge in [0, 0.05) is 11.3 Å². The van der Waals surface area contributed by atoms with E-state index in [1.165, 1.54) is 12.1 Å². The minimum atomic E-state index is -3.85. The fraction of sp³-hybridized carbons (Fsp3) is 0. The van der Waals surface area contributed by atoms with E-state index in [0.717, 1.165) is 5.52 Å². The Labute approximate surface area is 196 Å². The fourth-order valence-electron chi connectivity index (χ4n) is 3.50. The molecular weight excluding hydrogens is 450 g/mol. The van der Waals surface area contributed by atoms with Gasteiger partial charge in [-0.1, -0.05) is 48.5 Å². The molecular formula is C26H19N3O4S. The maximum Gasteiger partial charge on any atom is 0.261 e. The Balaban J connectivity index is 1.40. The minimum absolute atomic E-state index is 0.108. The third-order valence-corrected chi connectivity index (χ3v) is 6.51. The van der Waals surface area contributed by atoms with Crippen LogP contribution in [0.2, 0.25) is 0 Å². The average molecular weight is 470 g/mol. The molecule has 0 unspecified atom stereocenters. The first-order valence-corrected chi connectivity index (χ1v) is 11.9. The average Bonchev–Trinajstić information content (AvgIpc) is 3.29. The second-order valence-corrected chi connectivity index (χ2v) is 9.17. The summed E-state index contributed by atoms with van der Waals surface area (Å²) >= 11 is 0. The molecule has 0 aliphatic heterocycles. The molecule has 34 heavy (non-hydrogen) atoms. The zero-order chi connectivity index (χ0) is 23.5. The van der Waals surface area contributed by atoms with Crippen LogP contribution in [-0.2, 0) is 10.0 Å². The Bertz CT molecular complexity index is 1560. The van der Waals surface area contributed by atoms with E-state index < -0.39 is 15.9 Å². The van der Waals surface area contributed by atoms with Crippen LogP contribution in [0, 0.1) is 0 Å². The highest BCUT2D eigenvalue weighted by Gasteiger charge is 2.19. The SMILES string of the molecule is O=C(Nc1cccc(-c2nc3ccccc3o2)c1)c1ccccc1NS(=O)(=O)c1ccccc1. The van der Waals surface area contributed by atoms with Gasteiger partial charge < -0.3 is 9.73 Å². The number of anilines is 2. The van der Waals surface area contributed by atoms with Crippen LogP contribution in [0.5, 0.6) is 0 Å². The topological polar surface area (TPSA) is 101 Å². The Morgan fingerprint density at radius 2 is 1.53 bits per heavy atom. The van der Waals surface area contributed by atoms with E-state index in [9.17, 15) is 13.2 Å². The molecule has 0 fully saturated rings. The van der Waals surface area contributed by atoms with Crippen molar-refractivity contribution in [3.05, 3.63) is 109 Å². The first-order chi connectivity index (χ1) is 16.5. The number of rotatable bonds is 6. The molecule has 0 saturated carbocycles. The predicted octanol–water partition coefficient (Wildman–Crippen LogP) is 5.55. The summed E-state index contributed by atoms with van der Waals surface area (Å²) in [7, 11) is -3.85. The number of aromatic nitrogens is 1. The molecule has 0 radical (unpaired) electrons. The molecule has 0 spiro atoms. The van der Waals surface area contributed by atoms with Crippen LogP contribution in [0.1, 0.15) is 10.4 Å². The number of hydrogen-bond donors (Lipinski definition) is 2. The van der Waals surface area contributed by atoms with Crippen molar-refractivity contribution in [1.82, 2.24) is 4.98 Å². The number of oxazole rings is 1. The molecule has 168 valence electrons. The highest BCUT2D eigenvalue weighted by molar-refractivity contribution is 7.92. The lowest BCUT2D eigenvalue weighted by atomic mass is 10.1. The summed E-state index contributed by atoms with van der Waals surface area (Å²) in [4.78, 5) is 17.7. The lowest BCUT2D eigenvalue weighted by molar-refractivity contribution is 0.102. The summed E-state index contributed by atoms with van der Waals surface area (Å²) in [5, 5.41) is 2.82. The Morgan fingerprint density at radius 1 is 0.794 bits per heavy atom. The third kappa shape index (κ3) is 4.39. The van der Waals surface area contributed by atoms with Crippen LogP contribution in [-0.4, -0.2) is 19.3 Å². The van der Waals surface area contributed by atoms with Crippen molar-refractivity contribution in [1.29, 1.82) is 0 Å². The molecule has 1 heterocycles. The van der Waals surface area contributed by atoms with Crippen molar-refractivity contribution in [2.45, 2.75) is 4.90 Å².